The predicted octanol–water partition coefficient (Wildman–Crippen LogP) is 4.03. The first-order valence-electron chi connectivity index (χ1n) is 5.92. The third-order valence-corrected chi connectivity index (χ3v) is 4.07. The van der Waals surface area contributed by atoms with E-state index in [1.54, 1.807) is 12.1 Å². The average Bonchev–Trinajstić information content (AvgIpc) is 2.70. The summed E-state index contributed by atoms with van der Waals surface area (Å²) in [6.45, 7) is 0. The molecule has 0 aromatic heterocycles. The molecule has 90 valence electrons. The molecule has 0 saturated heterocycles. The summed E-state index contributed by atoms with van der Waals surface area (Å²) >= 11 is 6.42. The predicted molar refractivity (Wildman–Crippen MR) is 75.1 cm³/mol. The summed E-state index contributed by atoms with van der Waals surface area (Å²) in [6.07, 6.45) is 0. The van der Waals surface area contributed by atoms with Crippen LogP contribution in [0.3, 0.4) is 0 Å². The van der Waals surface area contributed by atoms with Crippen LogP contribution < -0.4 is 0 Å². The Morgan fingerprint density at radius 2 is 1.42 bits per heavy atom. The van der Waals surface area contributed by atoms with Crippen LogP contribution in [0.25, 0.3) is 21.5 Å². The van der Waals surface area contributed by atoms with Crippen LogP contribution in [0.4, 0.5) is 0 Å². The molecule has 0 heterocycles. The van der Waals surface area contributed by atoms with Crippen molar-refractivity contribution in [1.82, 2.24) is 0 Å². The highest BCUT2D eigenvalue weighted by atomic mass is 35.5. The topological polar surface area (TPSA) is 34.1 Å². The lowest BCUT2D eigenvalue weighted by atomic mass is 9.97. The molecule has 0 spiro atoms. The van der Waals surface area contributed by atoms with Gasteiger partial charge in [-0.1, -0.05) is 54.1 Å². The molecule has 1 aliphatic carbocycles. The number of carbonyl (C=O) groups excluding carboxylic acids is 2. The van der Waals surface area contributed by atoms with Crippen molar-refractivity contribution in [3.8, 4) is 0 Å². The second kappa shape index (κ2) is 3.43. The van der Waals surface area contributed by atoms with Gasteiger partial charge in [0.1, 0.15) is 0 Å². The molecule has 0 radical (unpaired) electrons. The minimum Gasteiger partial charge on any atom is -0.285 e. The number of hydrogen-bond acceptors (Lipinski definition) is 2. The Kier molecular flexibility index (Phi) is 1.93. The van der Waals surface area contributed by atoms with Gasteiger partial charge in [-0.25, -0.2) is 0 Å². The Balaban J connectivity index is 2.42. The molecule has 3 aromatic rings. The van der Waals surface area contributed by atoms with E-state index in [4.69, 9.17) is 11.6 Å². The van der Waals surface area contributed by atoms with Gasteiger partial charge in [-0.15, -0.1) is 0 Å². The van der Waals surface area contributed by atoms with Gasteiger partial charge in [0.2, 0.25) is 11.6 Å². The lowest BCUT2D eigenvalue weighted by Crippen LogP contribution is -2.06. The fourth-order valence-electron chi connectivity index (χ4n) is 2.84. The summed E-state index contributed by atoms with van der Waals surface area (Å²) < 4.78 is 0. The van der Waals surface area contributed by atoms with Gasteiger partial charge < -0.3 is 0 Å². The number of Topliss-reactive ketones (excluding diaryl/α,β-unsaturated/α-hetero) is 2. The Bertz CT molecular complexity index is 909. The Morgan fingerprint density at radius 3 is 2.21 bits per heavy atom. The molecule has 0 amide bonds. The maximum Gasteiger partial charge on any atom is 0.234 e. The van der Waals surface area contributed by atoms with Gasteiger partial charge in [0.05, 0.1) is 5.02 Å². The number of hydrogen-bond donors (Lipinski definition) is 0. The maximum atomic E-state index is 12.2. The van der Waals surface area contributed by atoms with Crippen LogP contribution in [0, 0.1) is 0 Å². The zero-order valence-corrected chi connectivity index (χ0v) is 10.5. The third-order valence-electron chi connectivity index (χ3n) is 3.66. The molecule has 0 aliphatic heterocycles. The molecular formula is C16H7ClO2. The fourth-order valence-corrected chi connectivity index (χ4v) is 3.16. The van der Waals surface area contributed by atoms with Crippen LogP contribution in [0.5, 0.6) is 0 Å². The van der Waals surface area contributed by atoms with Crippen molar-refractivity contribution >= 4 is 44.7 Å². The summed E-state index contributed by atoms with van der Waals surface area (Å²) in [5.74, 6) is -0.868. The molecule has 1 aliphatic rings. The molecule has 3 heteroatoms. The van der Waals surface area contributed by atoms with Crippen molar-refractivity contribution in [3.05, 3.63) is 58.6 Å². The van der Waals surface area contributed by atoms with Gasteiger partial charge >= 0.3 is 0 Å². The van der Waals surface area contributed by atoms with E-state index in [2.05, 4.69) is 0 Å². The largest absolute Gasteiger partial charge is 0.285 e. The molecule has 0 bridgehead atoms. The first-order valence-corrected chi connectivity index (χ1v) is 6.30. The number of rotatable bonds is 0. The van der Waals surface area contributed by atoms with E-state index in [1.807, 2.05) is 30.3 Å². The zero-order chi connectivity index (χ0) is 13.1. The van der Waals surface area contributed by atoms with Crippen LogP contribution in [0.15, 0.2) is 42.5 Å². The standard InChI is InChI=1S/C16H7ClO2/c17-14-9-5-2-1-4-8(9)13-12-10(14)6-3-7-11(12)15(18)16(13)19/h1-7H. The smallest absolute Gasteiger partial charge is 0.234 e. The Labute approximate surface area is 113 Å². The summed E-state index contributed by atoms with van der Waals surface area (Å²) in [6, 6.07) is 12.7. The van der Waals surface area contributed by atoms with E-state index in [9.17, 15) is 9.59 Å². The van der Waals surface area contributed by atoms with Gasteiger partial charge in [-0.3, -0.25) is 9.59 Å². The molecule has 0 atom stereocenters. The van der Waals surface area contributed by atoms with Crippen molar-refractivity contribution in [2.75, 3.05) is 0 Å². The maximum absolute atomic E-state index is 12.2. The van der Waals surface area contributed by atoms with Gasteiger partial charge in [0.15, 0.2) is 0 Å². The van der Waals surface area contributed by atoms with Gasteiger partial charge in [0, 0.05) is 27.3 Å². The molecular weight excluding hydrogens is 260 g/mol. The lowest BCUT2D eigenvalue weighted by Gasteiger charge is -2.08. The SMILES string of the molecule is O=C1C(=O)c2c3ccccc3c(Cl)c3cccc1c23. The summed E-state index contributed by atoms with van der Waals surface area (Å²) in [4.78, 5) is 24.2. The van der Waals surface area contributed by atoms with Crippen LogP contribution in [-0.4, -0.2) is 11.6 Å². The molecule has 4 rings (SSSR count). The first-order chi connectivity index (χ1) is 9.20. The van der Waals surface area contributed by atoms with E-state index in [-0.39, 0.29) is 0 Å². The van der Waals surface area contributed by atoms with Crippen molar-refractivity contribution in [1.29, 1.82) is 0 Å². The Hall–Kier alpha value is -2.19. The molecule has 19 heavy (non-hydrogen) atoms. The minimum atomic E-state index is -0.437. The Morgan fingerprint density at radius 1 is 0.737 bits per heavy atom. The second-order valence-corrected chi connectivity index (χ2v) is 5.00. The third kappa shape index (κ3) is 1.17. The van der Waals surface area contributed by atoms with Crippen LogP contribution in [-0.2, 0) is 0 Å². The summed E-state index contributed by atoms with van der Waals surface area (Å²) in [5, 5.41) is 3.63. The van der Waals surface area contributed by atoms with E-state index in [0.29, 0.717) is 21.5 Å². The molecule has 3 aromatic carbocycles. The average molecular weight is 267 g/mol. The number of fused-ring (bicyclic) bond motifs is 2. The van der Waals surface area contributed by atoms with E-state index >= 15 is 0 Å². The van der Waals surface area contributed by atoms with E-state index < -0.39 is 11.6 Å². The van der Waals surface area contributed by atoms with Gasteiger partial charge in [-0.2, -0.15) is 0 Å². The van der Waals surface area contributed by atoms with Crippen molar-refractivity contribution in [3.63, 3.8) is 0 Å². The molecule has 0 fully saturated rings. The van der Waals surface area contributed by atoms with Crippen LogP contribution in [0.1, 0.15) is 20.7 Å². The number of benzene rings is 3. The molecule has 0 N–H and O–H groups in total. The second-order valence-electron chi connectivity index (χ2n) is 4.62. The summed E-state index contributed by atoms with van der Waals surface area (Å²) in [7, 11) is 0. The van der Waals surface area contributed by atoms with Crippen LogP contribution >= 0.6 is 11.6 Å². The van der Waals surface area contributed by atoms with Gasteiger partial charge in [0.25, 0.3) is 0 Å². The zero-order valence-electron chi connectivity index (χ0n) is 9.74. The van der Waals surface area contributed by atoms with E-state index in [1.165, 1.54) is 0 Å². The highest BCUT2D eigenvalue weighted by Crippen LogP contribution is 2.41. The quantitative estimate of drug-likeness (QED) is 0.455. The number of carbonyl (C=O) groups is 2. The normalized spacial score (nSPS) is 13.7. The minimum absolute atomic E-state index is 0.431. The van der Waals surface area contributed by atoms with E-state index in [0.717, 1.165) is 16.2 Å². The fraction of sp³-hybridized carbons (Fsp3) is 0. The number of ketones is 2. The van der Waals surface area contributed by atoms with Gasteiger partial charge in [-0.05, 0) is 5.39 Å². The molecule has 2 nitrogen and oxygen atoms in total. The highest BCUT2D eigenvalue weighted by molar-refractivity contribution is 6.60. The highest BCUT2D eigenvalue weighted by Gasteiger charge is 2.33. The molecule has 0 unspecified atom stereocenters. The van der Waals surface area contributed by atoms with Crippen molar-refractivity contribution < 1.29 is 9.59 Å². The monoisotopic (exact) mass is 266 g/mol. The van der Waals surface area contributed by atoms with Crippen molar-refractivity contribution in [2.45, 2.75) is 0 Å². The summed E-state index contributed by atoms with van der Waals surface area (Å²) in [5.41, 5.74) is 0.959. The number of halogens is 1. The first kappa shape index (κ1) is 10.7. The van der Waals surface area contributed by atoms with Crippen LogP contribution in [0.2, 0.25) is 5.02 Å². The lowest BCUT2D eigenvalue weighted by molar-refractivity contribution is 0.0826. The molecule has 0 saturated carbocycles. The van der Waals surface area contributed by atoms with Crippen molar-refractivity contribution in [2.24, 2.45) is 0 Å².